The van der Waals surface area contributed by atoms with Gasteiger partial charge in [0, 0.05) is 17.3 Å². The Hall–Kier alpha value is -1.32. The maximum Gasteiger partial charge on any atom is 0.0660 e. The van der Waals surface area contributed by atoms with E-state index in [0.29, 0.717) is 0 Å². The molecule has 0 bridgehead atoms. The fraction of sp³-hybridized carbons (Fsp3) is 0.400. The van der Waals surface area contributed by atoms with Crippen LogP contribution in [0.5, 0.6) is 0 Å². The standard InChI is InChI=1S/C15H20ClN3/c1-4-7-17-12(3)14-6-5-13(8-15(14)16)19-10-11(2)9-18-19/h5-6,8-10,12,17H,4,7H2,1-3H3. The van der Waals surface area contributed by atoms with E-state index in [1.807, 2.05) is 30.1 Å². The molecule has 1 aromatic carbocycles. The number of rotatable bonds is 5. The van der Waals surface area contributed by atoms with E-state index >= 15 is 0 Å². The Morgan fingerprint density at radius 2 is 2.21 bits per heavy atom. The highest BCUT2D eigenvalue weighted by molar-refractivity contribution is 6.31. The fourth-order valence-electron chi connectivity index (χ4n) is 2.03. The average molecular weight is 278 g/mol. The minimum Gasteiger partial charge on any atom is -0.310 e. The quantitative estimate of drug-likeness (QED) is 0.898. The summed E-state index contributed by atoms with van der Waals surface area (Å²) in [6.45, 7) is 7.31. The van der Waals surface area contributed by atoms with Crippen molar-refractivity contribution in [3.8, 4) is 5.69 Å². The van der Waals surface area contributed by atoms with E-state index in [2.05, 4.69) is 36.4 Å². The highest BCUT2D eigenvalue weighted by Gasteiger charge is 2.10. The lowest BCUT2D eigenvalue weighted by molar-refractivity contribution is 0.571. The number of hydrogen-bond acceptors (Lipinski definition) is 2. The molecule has 0 saturated carbocycles. The van der Waals surface area contributed by atoms with Crippen LogP contribution in [0.25, 0.3) is 5.69 Å². The van der Waals surface area contributed by atoms with Crippen LogP contribution in [0.4, 0.5) is 0 Å². The van der Waals surface area contributed by atoms with E-state index in [1.54, 1.807) is 0 Å². The van der Waals surface area contributed by atoms with Crippen molar-refractivity contribution in [1.82, 2.24) is 15.1 Å². The first-order valence-corrected chi connectivity index (χ1v) is 7.04. The van der Waals surface area contributed by atoms with Crippen LogP contribution in [0.3, 0.4) is 0 Å². The second-order valence-electron chi connectivity index (χ2n) is 4.84. The van der Waals surface area contributed by atoms with Gasteiger partial charge in [0.2, 0.25) is 0 Å². The van der Waals surface area contributed by atoms with Crippen molar-refractivity contribution in [3.05, 3.63) is 46.7 Å². The van der Waals surface area contributed by atoms with Gasteiger partial charge in [-0.2, -0.15) is 5.10 Å². The van der Waals surface area contributed by atoms with Crippen molar-refractivity contribution in [1.29, 1.82) is 0 Å². The van der Waals surface area contributed by atoms with Crippen molar-refractivity contribution < 1.29 is 0 Å². The number of nitrogens with zero attached hydrogens (tertiary/aromatic N) is 2. The van der Waals surface area contributed by atoms with Crippen molar-refractivity contribution in [3.63, 3.8) is 0 Å². The lowest BCUT2D eigenvalue weighted by Crippen LogP contribution is -2.19. The molecule has 0 radical (unpaired) electrons. The third kappa shape index (κ3) is 3.37. The van der Waals surface area contributed by atoms with E-state index in [9.17, 15) is 0 Å². The molecule has 2 aromatic rings. The molecule has 19 heavy (non-hydrogen) atoms. The van der Waals surface area contributed by atoms with Crippen molar-refractivity contribution in [2.24, 2.45) is 0 Å². The summed E-state index contributed by atoms with van der Waals surface area (Å²) in [5.74, 6) is 0. The first-order valence-electron chi connectivity index (χ1n) is 6.66. The summed E-state index contributed by atoms with van der Waals surface area (Å²) >= 11 is 6.38. The zero-order chi connectivity index (χ0) is 13.8. The first-order chi connectivity index (χ1) is 9.11. The molecule has 1 aromatic heterocycles. The molecule has 0 aliphatic heterocycles. The van der Waals surface area contributed by atoms with Crippen LogP contribution in [-0.2, 0) is 0 Å². The van der Waals surface area contributed by atoms with Gasteiger partial charge in [-0.25, -0.2) is 4.68 Å². The minimum absolute atomic E-state index is 0.265. The van der Waals surface area contributed by atoms with Gasteiger partial charge in [-0.05, 0) is 50.1 Å². The smallest absolute Gasteiger partial charge is 0.0660 e. The summed E-state index contributed by atoms with van der Waals surface area (Å²) in [5.41, 5.74) is 3.26. The molecular weight excluding hydrogens is 258 g/mol. The summed E-state index contributed by atoms with van der Waals surface area (Å²) in [4.78, 5) is 0. The van der Waals surface area contributed by atoms with Crippen LogP contribution in [0.1, 0.15) is 37.4 Å². The molecule has 0 saturated heterocycles. The number of halogens is 1. The maximum atomic E-state index is 6.38. The van der Waals surface area contributed by atoms with E-state index in [-0.39, 0.29) is 6.04 Å². The summed E-state index contributed by atoms with van der Waals surface area (Å²) in [6.07, 6.45) is 4.95. The topological polar surface area (TPSA) is 29.9 Å². The molecule has 0 amide bonds. The van der Waals surface area contributed by atoms with Crippen LogP contribution < -0.4 is 5.32 Å². The van der Waals surface area contributed by atoms with Crippen LogP contribution in [-0.4, -0.2) is 16.3 Å². The summed E-state index contributed by atoms with van der Waals surface area (Å²) in [7, 11) is 0. The third-order valence-corrected chi connectivity index (χ3v) is 3.45. The predicted octanol–water partition coefficient (Wildman–Crippen LogP) is 3.89. The van der Waals surface area contributed by atoms with Crippen molar-refractivity contribution in [2.75, 3.05) is 6.54 Å². The molecule has 2 rings (SSSR count). The average Bonchev–Trinajstić information content (AvgIpc) is 2.82. The zero-order valence-corrected chi connectivity index (χ0v) is 12.4. The van der Waals surface area contributed by atoms with Gasteiger partial charge in [-0.15, -0.1) is 0 Å². The third-order valence-electron chi connectivity index (χ3n) is 3.13. The van der Waals surface area contributed by atoms with Gasteiger partial charge in [0.05, 0.1) is 11.9 Å². The molecule has 1 heterocycles. The molecule has 0 aliphatic rings. The number of nitrogens with one attached hydrogen (secondary N) is 1. The van der Waals surface area contributed by atoms with Gasteiger partial charge >= 0.3 is 0 Å². The number of benzene rings is 1. The Balaban J connectivity index is 2.21. The van der Waals surface area contributed by atoms with Gasteiger partial charge in [0.15, 0.2) is 0 Å². The Kier molecular flexibility index (Phi) is 4.61. The molecule has 102 valence electrons. The Morgan fingerprint density at radius 3 is 2.79 bits per heavy atom. The van der Waals surface area contributed by atoms with Crippen molar-refractivity contribution in [2.45, 2.75) is 33.2 Å². The van der Waals surface area contributed by atoms with Crippen LogP contribution in [0, 0.1) is 6.92 Å². The predicted molar refractivity (Wildman–Crippen MR) is 80.0 cm³/mol. The molecule has 4 heteroatoms. The van der Waals surface area contributed by atoms with Gasteiger partial charge < -0.3 is 5.32 Å². The van der Waals surface area contributed by atoms with E-state index in [4.69, 9.17) is 11.6 Å². The molecule has 1 unspecified atom stereocenters. The van der Waals surface area contributed by atoms with Gasteiger partial charge in [-0.3, -0.25) is 0 Å². The molecule has 0 fully saturated rings. The molecule has 1 atom stereocenters. The lowest BCUT2D eigenvalue weighted by Gasteiger charge is -2.16. The molecule has 3 nitrogen and oxygen atoms in total. The molecule has 0 aliphatic carbocycles. The SMILES string of the molecule is CCCNC(C)c1ccc(-n2cc(C)cn2)cc1Cl. The van der Waals surface area contributed by atoms with Gasteiger partial charge in [-0.1, -0.05) is 24.6 Å². The van der Waals surface area contributed by atoms with E-state index in [1.165, 1.54) is 0 Å². The monoisotopic (exact) mass is 277 g/mol. The first kappa shape index (κ1) is 14.1. The largest absolute Gasteiger partial charge is 0.310 e. The highest BCUT2D eigenvalue weighted by atomic mass is 35.5. The molecular formula is C15H20ClN3. The summed E-state index contributed by atoms with van der Waals surface area (Å²) in [5, 5.41) is 8.52. The molecule has 0 spiro atoms. The zero-order valence-electron chi connectivity index (χ0n) is 11.7. The van der Waals surface area contributed by atoms with Crippen LogP contribution >= 0.6 is 11.6 Å². The Morgan fingerprint density at radius 1 is 1.42 bits per heavy atom. The number of hydrogen-bond donors (Lipinski definition) is 1. The maximum absolute atomic E-state index is 6.38. The van der Waals surface area contributed by atoms with E-state index < -0.39 is 0 Å². The second-order valence-corrected chi connectivity index (χ2v) is 5.25. The van der Waals surface area contributed by atoms with Crippen LogP contribution in [0.15, 0.2) is 30.6 Å². The Labute approximate surface area is 119 Å². The van der Waals surface area contributed by atoms with Crippen LogP contribution in [0.2, 0.25) is 5.02 Å². The number of aryl methyl sites for hydroxylation is 1. The minimum atomic E-state index is 0.265. The van der Waals surface area contributed by atoms with Crippen molar-refractivity contribution >= 4 is 11.6 Å². The van der Waals surface area contributed by atoms with Gasteiger partial charge in [0.1, 0.15) is 0 Å². The lowest BCUT2D eigenvalue weighted by atomic mass is 10.1. The van der Waals surface area contributed by atoms with E-state index in [0.717, 1.165) is 34.8 Å². The highest BCUT2D eigenvalue weighted by Crippen LogP contribution is 2.25. The summed E-state index contributed by atoms with van der Waals surface area (Å²) in [6, 6.07) is 6.36. The number of aromatic nitrogens is 2. The Bertz CT molecular complexity index is 548. The summed E-state index contributed by atoms with van der Waals surface area (Å²) < 4.78 is 1.84. The normalized spacial score (nSPS) is 12.6. The fourth-order valence-corrected chi connectivity index (χ4v) is 2.37. The second kappa shape index (κ2) is 6.22. The van der Waals surface area contributed by atoms with Gasteiger partial charge in [0.25, 0.3) is 0 Å². The molecule has 1 N–H and O–H groups in total.